The van der Waals surface area contributed by atoms with E-state index in [-0.39, 0.29) is 17.8 Å². The third kappa shape index (κ3) is 2.39. The molecule has 2 atom stereocenters. The second kappa shape index (κ2) is 3.95. The van der Waals surface area contributed by atoms with Gasteiger partial charge in [-0.2, -0.15) is 0 Å². The van der Waals surface area contributed by atoms with Gasteiger partial charge in [0.15, 0.2) is 6.29 Å². The molecule has 2 heteroatoms. The van der Waals surface area contributed by atoms with Crippen LogP contribution in [0.1, 0.15) is 32.4 Å². The molecule has 82 valence electrons. The molecule has 2 rings (SSSR count). The van der Waals surface area contributed by atoms with Crippen molar-refractivity contribution < 1.29 is 9.47 Å². The molecule has 1 aromatic carbocycles. The fourth-order valence-electron chi connectivity index (χ4n) is 1.70. The highest BCUT2D eigenvalue weighted by atomic mass is 16.7. The lowest BCUT2D eigenvalue weighted by molar-refractivity contribution is -0.124. The molecule has 1 unspecified atom stereocenters. The van der Waals surface area contributed by atoms with E-state index in [1.165, 1.54) is 5.56 Å². The molecule has 0 spiro atoms. The molecule has 1 fully saturated rings. The summed E-state index contributed by atoms with van der Waals surface area (Å²) in [6.07, 6.45) is -0.00173. The minimum Gasteiger partial charge on any atom is -0.349 e. The lowest BCUT2D eigenvalue weighted by Gasteiger charge is -2.25. The minimum atomic E-state index is -0.0947. The zero-order valence-electron chi connectivity index (χ0n) is 9.57. The normalized spacial score (nSPS) is 26.9. The lowest BCUT2D eigenvalue weighted by Crippen LogP contribution is -2.26. The molecule has 0 N–H and O–H groups in total. The van der Waals surface area contributed by atoms with Crippen LogP contribution in [0.5, 0.6) is 0 Å². The van der Waals surface area contributed by atoms with Crippen molar-refractivity contribution >= 4 is 0 Å². The van der Waals surface area contributed by atoms with Crippen LogP contribution >= 0.6 is 0 Å². The fourth-order valence-corrected chi connectivity index (χ4v) is 1.70. The van der Waals surface area contributed by atoms with Gasteiger partial charge in [-0.05, 0) is 5.56 Å². The molecule has 0 saturated carbocycles. The molecular weight excluding hydrogens is 188 g/mol. The Morgan fingerprint density at radius 3 is 2.33 bits per heavy atom. The highest BCUT2D eigenvalue weighted by molar-refractivity contribution is 5.18. The Hall–Kier alpha value is -0.860. The van der Waals surface area contributed by atoms with E-state index in [4.69, 9.17) is 9.47 Å². The largest absolute Gasteiger partial charge is 0.349 e. The first-order valence-electron chi connectivity index (χ1n) is 5.39. The topological polar surface area (TPSA) is 18.5 Å². The molecule has 1 aromatic rings. The third-order valence-electron chi connectivity index (χ3n) is 2.57. The van der Waals surface area contributed by atoms with Crippen molar-refractivity contribution in [3.63, 3.8) is 0 Å². The maximum absolute atomic E-state index is 5.89. The predicted octanol–water partition coefficient (Wildman–Crippen LogP) is 3.15. The Bertz CT molecular complexity index is 313. The molecule has 0 bridgehead atoms. The van der Waals surface area contributed by atoms with Gasteiger partial charge in [0.25, 0.3) is 0 Å². The van der Waals surface area contributed by atoms with E-state index in [9.17, 15) is 0 Å². The van der Waals surface area contributed by atoms with Crippen molar-refractivity contribution in [3.8, 4) is 0 Å². The zero-order valence-corrected chi connectivity index (χ0v) is 9.57. The summed E-state index contributed by atoms with van der Waals surface area (Å²) < 4.78 is 11.6. The van der Waals surface area contributed by atoms with Crippen molar-refractivity contribution in [1.29, 1.82) is 0 Å². The average molecular weight is 206 g/mol. The smallest absolute Gasteiger partial charge is 0.163 e. The van der Waals surface area contributed by atoms with Gasteiger partial charge in [0.05, 0.1) is 6.61 Å². The highest BCUT2D eigenvalue weighted by Gasteiger charge is 2.35. The molecule has 1 saturated heterocycles. The molecule has 1 aliphatic rings. The van der Waals surface area contributed by atoms with Crippen LogP contribution in [0.4, 0.5) is 0 Å². The Morgan fingerprint density at radius 1 is 1.13 bits per heavy atom. The van der Waals surface area contributed by atoms with E-state index in [0.29, 0.717) is 6.61 Å². The van der Waals surface area contributed by atoms with Gasteiger partial charge in [-0.1, -0.05) is 51.1 Å². The standard InChI is InChI=1S/C13H18O2/c1-13(2,3)12-14-9-11(15-12)10-7-5-4-6-8-10/h4-8,11-12H,9H2,1-3H3/t11-,12?/m1/s1. The van der Waals surface area contributed by atoms with Crippen LogP contribution in [-0.4, -0.2) is 12.9 Å². The Kier molecular flexibility index (Phi) is 2.81. The first-order valence-corrected chi connectivity index (χ1v) is 5.39. The average Bonchev–Trinajstić information content (AvgIpc) is 2.67. The molecule has 1 heterocycles. The minimum absolute atomic E-state index is 0.0452. The van der Waals surface area contributed by atoms with Crippen molar-refractivity contribution in [2.75, 3.05) is 6.61 Å². The molecule has 0 aliphatic carbocycles. The van der Waals surface area contributed by atoms with Crippen LogP contribution in [-0.2, 0) is 9.47 Å². The number of rotatable bonds is 1. The molecule has 0 radical (unpaired) electrons. The number of ether oxygens (including phenoxy) is 2. The predicted molar refractivity (Wildman–Crippen MR) is 59.5 cm³/mol. The molecule has 0 amide bonds. The van der Waals surface area contributed by atoms with Gasteiger partial charge in [0, 0.05) is 5.41 Å². The summed E-state index contributed by atoms with van der Waals surface area (Å²) in [7, 11) is 0. The van der Waals surface area contributed by atoms with Gasteiger partial charge in [-0.3, -0.25) is 0 Å². The summed E-state index contributed by atoms with van der Waals surface area (Å²) in [6, 6.07) is 10.2. The molecule has 0 aromatic heterocycles. The fraction of sp³-hybridized carbons (Fsp3) is 0.538. The number of benzene rings is 1. The van der Waals surface area contributed by atoms with E-state index in [1.54, 1.807) is 0 Å². The highest BCUT2D eigenvalue weighted by Crippen LogP contribution is 2.34. The van der Waals surface area contributed by atoms with Crippen LogP contribution in [0.3, 0.4) is 0 Å². The maximum Gasteiger partial charge on any atom is 0.163 e. The maximum atomic E-state index is 5.89. The summed E-state index contributed by atoms with van der Waals surface area (Å²) in [5, 5.41) is 0. The lowest BCUT2D eigenvalue weighted by atomic mass is 9.96. The van der Waals surface area contributed by atoms with Gasteiger partial charge in [-0.15, -0.1) is 0 Å². The summed E-state index contributed by atoms with van der Waals surface area (Å²) in [4.78, 5) is 0. The summed E-state index contributed by atoms with van der Waals surface area (Å²) in [5.74, 6) is 0. The van der Waals surface area contributed by atoms with Crippen LogP contribution in [0, 0.1) is 5.41 Å². The second-order valence-corrected chi connectivity index (χ2v) is 5.07. The first kappa shape index (κ1) is 10.7. The van der Waals surface area contributed by atoms with Crippen molar-refractivity contribution in [3.05, 3.63) is 35.9 Å². The molecule has 2 nitrogen and oxygen atoms in total. The summed E-state index contributed by atoms with van der Waals surface area (Å²) in [6.45, 7) is 7.05. The van der Waals surface area contributed by atoms with E-state index in [2.05, 4.69) is 32.9 Å². The van der Waals surface area contributed by atoms with Gasteiger partial charge in [-0.25, -0.2) is 0 Å². The summed E-state index contributed by atoms with van der Waals surface area (Å²) >= 11 is 0. The Morgan fingerprint density at radius 2 is 1.80 bits per heavy atom. The van der Waals surface area contributed by atoms with Crippen molar-refractivity contribution in [2.24, 2.45) is 5.41 Å². The molecular formula is C13H18O2. The first-order chi connectivity index (χ1) is 7.07. The van der Waals surface area contributed by atoms with Crippen LogP contribution in [0.2, 0.25) is 0 Å². The van der Waals surface area contributed by atoms with E-state index in [0.717, 1.165) is 0 Å². The van der Waals surface area contributed by atoms with Gasteiger partial charge >= 0.3 is 0 Å². The number of hydrogen-bond donors (Lipinski definition) is 0. The SMILES string of the molecule is CC(C)(C)C1OC[C@H](c2ccccc2)O1. The number of hydrogen-bond acceptors (Lipinski definition) is 2. The van der Waals surface area contributed by atoms with E-state index in [1.807, 2.05) is 18.2 Å². The zero-order chi connectivity index (χ0) is 10.9. The van der Waals surface area contributed by atoms with Crippen molar-refractivity contribution in [1.82, 2.24) is 0 Å². The summed E-state index contributed by atoms with van der Waals surface area (Å²) in [5.41, 5.74) is 1.24. The molecule has 1 aliphatic heterocycles. The second-order valence-electron chi connectivity index (χ2n) is 5.07. The third-order valence-corrected chi connectivity index (χ3v) is 2.57. The van der Waals surface area contributed by atoms with Crippen LogP contribution in [0.25, 0.3) is 0 Å². The molecule has 15 heavy (non-hydrogen) atoms. The van der Waals surface area contributed by atoms with Gasteiger partial charge < -0.3 is 9.47 Å². The van der Waals surface area contributed by atoms with Crippen LogP contribution in [0.15, 0.2) is 30.3 Å². The monoisotopic (exact) mass is 206 g/mol. The van der Waals surface area contributed by atoms with Gasteiger partial charge in [0.1, 0.15) is 6.10 Å². The van der Waals surface area contributed by atoms with E-state index < -0.39 is 0 Å². The Labute approximate surface area is 91.2 Å². The Balaban J connectivity index is 2.05. The van der Waals surface area contributed by atoms with E-state index >= 15 is 0 Å². The van der Waals surface area contributed by atoms with Crippen molar-refractivity contribution in [2.45, 2.75) is 33.2 Å². The van der Waals surface area contributed by atoms with Crippen LogP contribution < -0.4 is 0 Å². The van der Waals surface area contributed by atoms with Gasteiger partial charge in [0.2, 0.25) is 0 Å². The quantitative estimate of drug-likeness (QED) is 0.702.